The Morgan fingerprint density at radius 1 is 1.15 bits per heavy atom. The van der Waals surface area contributed by atoms with Crippen molar-refractivity contribution in [2.75, 3.05) is 58.2 Å². The molecule has 13 heteroatoms. The van der Waals surface area contributed by atoms with Crippen molar-refractivity contribution in [3.8, 4) is 11.3 Å². The molecule has 0 aliphatic carbocycles. The van der Waals surface area contributed by atoms with E-state index in [0.717, 1.165) is 48.7 Å². The lowest BCUT2D eigenvalue weighted by Gasteiger charge is -2.28. The lowest BCUT2D eigenvalue weighted by Crippen LogP contribution is -2.42. The van der Waals surface area contributed by atoms with Crippen LogP contribution in [0.2, 0.25) is 0 Å². The molecule has 5 rings (SSSR count). The normalized spacial score (nSPS) is 23.7. The van der Waals surface area contributed by atoms with E-state index in [2.05, 4.69) is 10.2 Å². The van der Waals surface area contributed by atoms with E-state index in [1.807, 2.05) is 0 Å². The zero-order chi connectivity index (χ0) is 27.6. The third-order valence-electron chi connectivity index (χ3n) is 7.50. The van der Waals surface area contributed by atoms with Crippen LogP contribution in [-0.4, -0.2) is 101 Å². The van der Waals surface area contributed by atoms with E-state index in [4.69, 9.17) is 9.84 Å². The monoisotopic (exact) mass is 575 g/mol. The molecule has 216 valence electrons. The number of nitrogens with one attached hydrogen (secondary N) is 1. The molecule has 2 fully saturated rings. The molecule has 39 heavy (non-hydrogen) atoms. The number of aliphatic hydroxyl groups excluding tert-OH is 1. The fourth-order valence-electron chi connectivity index (χ4n) is 5.45. The molecule has 1 aromatic carbocycles. The molecule has 0 radical (unpaired) electrons. The number of thioether (sulfide) groups is 1. The zero-order valence-corrected chi connectivity index (χ0v) is 22.4. The summed E-state index contributed by atoms with van der Waals surface area (Å²) in [5.74, 6) is 0.196. The van der Waals surface area contributed by atoms with Crippen LogP contribution in [-0.2, 0) is 30.4 Å². The average molecular weight is 576 g/mol. The number of β-amino-alcohol motifs (C(OH)–C–C–N with tert-alkyl or cyclic N) is 1. The number of hydrogen-bond donors (Lipinski definition) is 2. The van der Waals surface area contributed by atoms with Crippen LogP contribution in [0, 0.1) is 0 Å². The van der Waals surface area contributed by atoms with Crippen LogP contribution in [0.4, 0.5) is 22.0 Å². The Labute approximate surface area is 228 Å². The number of ether oxygens (including phenoxy) is 1. The summed E-state index contributed by atoms with van der Waals surface area (Å²) in [4.78, 5) is 3.51. The van der Waals surface area contributed by atoms with Gasteiger partial charge in [-0.2, -0.15) is 18.3 Å². The van der Waals surface area contributed by atoms with Crippen LogP contribution in [0.15, 0.2) is 23.1 Å². The molecule has 2 saturated heterocycles. The minimum Gasteiger partial charge on any atom is -0.390 e. The van der Waals surface area contributed by atoms with Crippen molar-refractivity contribution in [2.24, 2.45) is 0 Å². The highest BCUT2D eigenvalue weighted by Gasteiger charge is 2.36. The summed E-state index contributed by atoms with van der Waals surface area (Å²) in [6.45, 7) is 5.26. The van der Waals surface area contributed by atoms with E-state index >= 15 is 0 Å². The van der Waals surface area contributed by atoms with Crippen LogP contribution in [0.1, 0.15) is 23.2 Å². The molecule has 1 aromatic heterocycles. The molecule has 2 aromatic rings. The van der Waals surface area contributed by atoms with Gasteiger partial charge < -0.3 is 15.2 Å². The number of nitrogens with zero attached hydrogens (tertiary/aromatic N) is 4. The molecule has 4 heterocycles. The molecule has 3 unspecified atom stereocenters. The van der Waals surface area contributed by atoms with Gasteiger partial charge in [-0.15, -0.1) is 11.8 Å². The summed E-state index contributed by atoms with van der Waals surface area (Å²) in [6.07, 6.45) is -7.66. The molecule has 2 N–H and O–H groups in total. The van der Waals surface area contributed by atoms with E-state index in [1.165, 1.54) is 17.0 Å². The second-order valence-corrected chi connectivity index (χ2v) is 11.4. The molecular weight excluding hydrogens is 541 g/mol. The molecule has 0 spiro atoms. The van der Waals surface area contributed by atoms with Gasteiger partial charge in [-0.3, -0.25) is 14.5 Å². The Balaban J connectivity index is 1.36. The maximum absolute atomic E-state index is 14.0. The summed E-state index contributed by atoms with van der Waals surface area (Å²) >= 11 is 0.990. The average Bonchev–Trinajstić information content (AvgIpc) is 3.43. The van der Waals surface area contributed by atoms with Gasteiger partial charge in [0, 0.05) is 79.7 Å². The van der Waals surface area contributed by atoms with Crippen LogP contribution in [0.3, 0.4) is 0 Å². The molecule has 7 nitrogen and oxygen atoms in total. The largest absolute Gasteiger partial charge is 0.417 e. The first kappa shape index (κ1) is 28.7. The molecule has 0 saturated carbocycles. The topological polar surface area (TPSA) is 65.8 Å². The fraction of sp³-hybridized carbons (Fsp3) is 0.654. The van der Waals surface area contributed by atoms with Gasteiger partial charge in [0.2, 0.25) is 0 Å². The quantitative estimate of drug-likeness (QED) is 0.270. The standard InChI is InChI=1S/C26H34F5N5O2S/c27-21-4-6-35(25(21)28)9-12-39-23-13-17(1-2-20(23)26(29,30)31)24-19-14-32-5-3-22(19)36(33-24)16-18(37)15-34-7-10-38-11-8-34/h1-2,13,18,21,25,32,37H,3-12,14-16H2. The molecule has 0 amide bonds. The smallest absolute Gasteiger partial charge is 0.390 e. The first-order valence-corrected chi connectivity index (χ1v) is 14.3. The second kappa shape index (κ2) is 12.4. The lowest BCUT2D eigenvalue weighted by molar-refractivity contribution is -0.139. The van der Waals surface area contributed by atoms with Crippen LogP contribution < -0.4 is 5.32 Å². The van der Waals surface area contributed by atoms with E-state index in [-0.39, 0.29) is 36.7 Å². The second-order valence-electron chi connectivity index (χ2n) is 10.2. The zero-order valence-electron chi connectivity index (χ0n) is 21.6. The highest BCUT2D eigenvalue weighted by atomic mass is 32.2. The van der Waals surface area contributed by atoms with Gasteiger partial charge in [0.05, 0.1) is 37.1 Å². The number of benzene rings is 1. The Bertz CT molecular complexity index is 1130. The number of hydrogen-bond acceptors (Lipinski definition) is 7. The highest BCUT2D eigenvalue weighted by Crippen LogP contribution is 2.40. The van der Waals surface area contributed by atoms with Gasteiger partial charge in [0.1, 0.15) is 6.17 Å². The fourth-order valence-corrected chi connectivity index (χ4v) is 6.55. The number of alkyl halides is 5. The SMILES string of the molecule is OC(CN1CCOCC1)Cn1nc(-c2ccc(C(F)(F)F)c(SCCN3CCC(F)C3F)c2)c2c1CCNC2. The number of aliphatic hydroxyl groups is 1. The van der Waals surface area contributed by atoms with Gasteiger partial charge in [-0.25, -0.2) is 8.78 Å². The van der Waals surface area contributed by atoms with Crippen molar-refractivity contribution in [1.82, 2.24) is 24.9 Å². The number of likely N-dealkylation sites (tertiary alicyclic amines) is 1. The minimum atomic E-state index is -4.55. The van der Waals surface area contributed by atoms with Gasteiger partial charge >= 0.3 is 6.18 Å². The van der Waals surface area contributed by atoms with Gasteiger partial charge in [-0.1, -0.05) is 6.07 Å². The van der Waals surface area contributed by atoms with Crippen molar-refractivity contribution in [3.63, 3.8) is 0 Å². The molecule has 0 bridgehead atoms. The van der Waals surface area contributed by atoms with Crippen LogP contribution in [0.5, 0.6) is 0 Å². The molecule has 3 aliphatic heterocycles. The van der Waals surface area contributed by atoms with Crippen molar-refractivity contribution >= 4 is 11.8 Å². The maximum Gasteiger partial charge on any atom is 0.417 e. The van der Waals surface area contributed by atoms with E-state index in [9.17, 15) is 27.1 Å². The van der Waals surface area contributed by atoms with E-state index in [0.29, 0.717) is 44.0 Å². The minimum absolute atomic E-state index is 0.0332. The van der Waals surface area contributed by atoms with Crippen LogP contribution >= 0.6 is 11.8 Å². The molecular formula is C26H34F5N5O2S. The third-order valence-corrected chi connectivity index (χ3v) is 8.53. The third kappa shape index (κ3) is 6.76. The van der Waals surface area contributed by atoms with Gasteiger partial charge in [0.25, 0.3) is 0 Å². The predicted octanol–water partition coefficient (Wildman–Crippen LogP) is 3.34. The summed E-state index contributed by atoms with van der Waals surface area (Å²) < 4.78 is 76.1. The lowest BCUT2D eigenvalue weighted by atomic mass is 10.0. The highest BCUT2D eigenvalue weighted by molar-refractivity contribution is 7.99. The van der Waals surface area contributed by atoms with Crippen molar-refractivity contribution < 1.29 is 31.8 Å². The van der Waals surface area contributed by atoms with E-state index < -0.39 is 30.3 Å². The number of aromatic nitrogens is 2. The molecule has 3 atom stereocenters. The number of rotatable bonds is 9. The summed E-state index contributed by atoms with van der Waals surface area (Å²) in [5.41, 5.74) is 2.28. The van der Waals surface area contributed by atoms with Crippen molar-refractivity contribution in [2.45, 2.75) is 55.6 Å². The Morgan fingerprint density at radius 3 is 2.67 bits per heavy atom. The Kier molecular flexibility index (Phi) is 9.14. The van der Waals surface area contributed by atoms with Gasteiger partial charge in [0.15, 0.2) is 6.30 Å². The molecule has 3 aliphatic rings. The van der Waals surface area contributed by atoms with Gasteiger partial charge in [-0.05, 0) is 18.6 Å². The first-order valence-electron chi connectivity index (χ1n) is 13.3. The maximum atomic E-state index is 14.0. The Hall–Kier alpha value is -1.77. The Morgan fingerprint density at radius 2 is 1.95 bits per heavy atom. The summed E-state index contributed by atoms with van der Waals surface area (Å²) in [5, 5.41) is 18.9. The van der Waals surface area contributed by atoms with Crippen molar-refractivity contribution in [1.29, 1.82) is 0 Å². The number of halogens is 5. The first-order chi connectivity index (χ1) is 18.7. The van der Waals surface area contributed by atoms with E-state index in [1.54, 1.807) is 4.68 Å². The number of fused-ring (bicyclic) bond motifs is 1. The van der Waals surface area contributed by atoms with Crippen molar-refractivity contribution in [3.05, 3.63) is 35.0 Å². The summed E-state index contributed by atoms with van der Waals surface area (Å²) in [6, 6.07) is 4.00. The summed E-state index contributed by atoms with van der Waals surface area (Å²) in [7, 11) is 0. The predicted molar refractivity (Wildman–Crippen MR) is 138 cm³/mol. The van der Waals surface area contributed by atoms with Crippen LogP contribution in [0.25, 0.3) is 11.3 Å². The number of morpholine rings is 1.